The Hall–Kier alpha value is -12.2. The molecule has 2 N–H and O–H groups in total. The number of nitrogens with zero attached hydrogens (tertiary/aromatic N) is 10. The van der Waals surface area contributed by atoms with Crippen molar-refractivity contribution < 1.29 is 92.5 Å². The van der Waals surface area contributed by atoms with E-state index in [2.05, 4.69) is 91.5 Å². The van der Waals surface area contributed by atoms with Gasteiger partial charge in [0.2, 0.25) is 0 Å². The summed E-state index contributed by atoms with van der Waals surface area (Å²) in [5.41, 5.74) is 4.23. The van der Waals surface area contributed by atoms with Crippen LogP contribution in [0.5, 0.6) is 34.5 Å². The largest absolute Gasteiger partial charge is 0.483 e. The van der Waals surface area contributed by atoms with E-state index in [9.17, 15) is 51.4 Å². The number of nitro benzene ring substituents is 2. The molecule has 4 saturated heterocycles. The first-order valence-electron chi connectivity index (χ1n) is 46.3. The molecule has 38 heteroatoms. The molecule has 1 unspecified atom stereocenters. The lowest BCUT2D eigenvalue weighted by Gasteiger charge is -2.39. The number of hydrogen-bond acceptors (Lipinski definition) is 26. The van der Waals surface area contributed by atoms with Crippen molar-refractivity contribution in [3.8, 4) is 34.5 Å². The fraction of sp³-hybridized carbons (Fsp3) is 0.426. The number of esters is 2. The van der Waals surface area contributed by atoms with E-state index in [1.165, 1.54) is 64.9 Å². The lowest BCUT2D eigenvalue weighted by molar-refractivity contribution is -0.386. The average Bonchev–Trinajstić information content (AvgIpc) is 1.13. The summed E-state index contributed by atoms with van der Waals surface area (Å²) in [6.45, 7) is 21.1. The Bertz CT molecular complexity index is 6540. The van der Waals surface area contributed by atoms with E-state index in [4.69, 9.17) is 61.1 Å². The molecule has 32 nitrogen and oxygen atoms in total. The van der Waals surface area contributed by atoms with Gasteiger partial charge < -0.3 is 57.7 Å². The normalized spacial score (nSPS) is 17.7. The molecule has 1 atom stereocenters. The zero-order valence-electron chi connectivity index (χ0n) is 79.0. The van der Waals surface area contributed by atoms with Crippen LogP contribution in [0, 0.1) is 36.5 Å². The molecule has 0 radical (unpaired) electrons. The van der Waals surface area contributed by atoms with Gasteiger partial charge in [-0.15, -0.1) is 0 Å². The van der Waals surface area contributed by atoms with Crippen LogP contribution in [0.2, 0.25) is 10.0 Å². The fourth-order valence-corrected chi connectivity index (χ4v) is 21.1. The molecule has 6 aliphatic rings. The van der Waals surface area contributed by atoms with E-state index in [1.54, 1.807) is 81.7 Å². The molecule has 16 rings (SSSR count). The van der Waals surface area contributed by atoms with Crippen molar-refractivity contribution in [3.63, 3.8) is 0 Å². The molecule has 10 aromatic rings. The quantitative estimate of drug-likeness (QED) is 0.0176. The lowest BCUT2D eigenvalue weighted by atomic mass is 9.72. The van der Waals surface area contributed by atoms with E-state index in [1.807, 2.05) is 24.3 Å². The fourth-order valence-electron chi connectivity index (χ4n) is 18.0. The molecule has 139 heavy (non-hydrogen) atoms. The van der Waals surface area contributed by atoms with Gasteiger partial charge in [0.1, 0.15) is 64.9 Å². The number of pyridine rings is 2. The maximum Gasteiger partial charge on any atom is 0.329 e. The van der Waals surface area contributed by atoms with Gasteiger partial charge in [0.15, 0.2) is 18.2 Å². The van der Waals surface area contributed by atoms with E-state index in [-0.39, 0.29) is 115 Å². The summed E-state index contributed by atoms with van der Waals surface area (Å²) in [5, 5.41) is 27.6. The van der Waals surface area contributed by atoms with Crippen LogP contribution < -0.4 is 28.7 Å². The van der Waals surface area contributed by atoms with Gasteiger partial charge in [0.25, 0.3) is 31.9 Å². The summed E-state index contributed by atoms with van der Waals surface area (Å²) in [6, 6.07) is 36.7. The molecular formula is C101H114Cl2F2N12O20S2. The number of aromatic amines is 2. The molecule has 0 saturated carbocycles. The first-order valence-corrected chi connectivity index (χ1v) is 49.9. The van der Waals surface area contributed by atoms with E-state index in [0.717, 1.165) is 127 Å². The number of nitro groups is 2. The third kappa shape index (κ3) is 24.1. The number of piperazine rings is 2. The number of H-pyrrole nitrogens is 2. The number of carbonyl (C=O) groups excluding carboxylic acids is 4. The Balaban J connectivity index is 0.000000211. The minimum Gasteiger partial charge on any atom is -0.483 e. The van der Waals surface area contributed by atoms with Gasteiger partial charge in [0.05, 0.1) is 55.7 Å². The highest BCUT2D eigenvalue weighted by molar-refractivity contribution is 7.90. The van der Waals surface area contributed by atoms with Gasteiger partial charge in [-0.3, -0.25) is 44.4 Å². The Kier molecular flexibility index (Phi) is 31.0. The van der Waals surface area contributed by atoms with Crippen LogP contribution in [0.15, 0.2) is 191 Å². The highest BCUT2D eigenvalue weighted by Crippen LogP contribution is 2.48. The number of amides is 2. The summed E-state index contributed by atoms with van der Waals surface area (Å²) >= 11 is 12.5. The molecular weight excluding hydrogens is 1870 g/mol. The minimum absolute atomic E-state index is 0.0153. The molecule has 4 aliphatic heterocycles. The topological polar surface area (TPSA) is 373 Å². The Morgan fingerprint density at radius 2 is 0.964 bits per heavy atom. The smallest absolute Gasteiger partial charge is 0.329 e. The van der Waals surface area contributed by atoms with E-state index < -0.39 is 118 Å². The van der Waals surface area contributed by atoms with Crippen LogP contribution in [0.3, 0.4) is 0 Å². The molecule has 2 amide bonds. The number of halogens is 4. The summed E-state index contributed by atoms with van der Waals surface area (Å²) in [6.07, 6.45) is 12.3. The highest BCUT2D eigenvalue weighted by Gasteiger charge is 2.45. The van der Waals surface area contributed by atoms with Gasteiger partial charge in [-0.1, -0.05) is 93.2 Å². The molecule has 6 aromatic carbocycles. The van der Waals surface area contributed by atoms with E-state index >= 15 is 13.6 Å². The maximum absolute atomic E-state index is 15.4. The molecule has 4 aromatic heterocycles. The van der Waals surface area contributed by atoms with Crippen molar-refractivity contribution in [1.82, 2.24) is 38.3 Å². The number of rotatable bonds is 31. The Morgan fingerprint density at radius 3 is 1.37 bits per heavy atom. The SMILES string of the molecule is CC1(C)CCC(CN2CCN(c3ccc(C(=O)N(COC(=O)C(C)(C)C)S(=O)(=O)c4ccc(OCC5(F)CCOCC5)c([N+](=O)[O-])c4)c(Oc4cnc5[nH]ccc5c4)c3)CC2)=C(c2ccc(Cl)cc2)C1.CCC(C(=O)OC)N(C(=O)c1ccc(N2CCN(CC3=C(c4ccc(Cl)cc4)CC(C)(C)CC3)CC2)cc1Oc1cnc2[nH]ccc2c1)S(=O)(=O)c1ccc(OCC2(F)CCOCC2)c([N+](=O)[O-])c1. The summed E-state index contributed by atoms with van der Waals surface area (Å²) in [5.74, 6) is -4.46. The van der Waals surface area contributed by atoms with Gasteiger partial charge in [-0.2, -0.15) is 4.31 Å². The van der Waals surface area contributed by atoms with Gasteiger partial charge in [-0.25, -0.2) is 44.7 Å². The Morgan fingerprint density at radius 1 is 0.547 bits per heavy atom. The third-order valence-electron chi connectivity index (χ3n) is 26.3. The van der Waals surface area contributed by atoms with Gasteiger partial charge in [-0.05, 0) is 196 Å². The highest BCUT2D eigenvalue weighted by atomic mass is 35.5. The van der Waals surface area contributed by atoms with Crippen molar-refractivity contribution in [2.75, 3.05) is 129 Å². The van der Waals surface area contributed by atoms with Crippen molar-refractivity contribution in [1.29, 1.82) is 0 Å². The maximum atomic E-state index is 15.4. The number of allylic oxidation sites excluding steroid dienone is 2. The van der Waals surface area contributed by atoms with Crippen LogP contribution in [-0.4, -0.2) is 225 Å². The Labute approximate surface area is 815 Å². The number of nitrogens with one attached hydrogen (secondary N) is 2. The number of ether oxygens (including phenoxy) is 8. The number of methoxy groups -OCH3 is 1. The second-order valence-corrected chi connectivity index (χ2v) is 43.1. The predicted molar refractivity (Wildman–Crippen MR) is 523 cm³/mol. The number of fused-ring (bicyclic) bond motifs is 2. The zero-order chi connectivity index (χ0) is 99.1. The molecule has 2 aliphatic carbocycles. The number of anilines is 2. The number of aromatic nitrogens is 4. The number of carbonyl (C=O) groups is 4. The second kappa shape index (κ2) is 42.5. The summed E-state index contributed by atoms with van der Waals surface area (Å²) < 4.78 is 135. The molecule has 4 fully saturated rings. The molecule has 8 heterocycles. The summed E-state index contributed by atoms with van der Waals surface area (Å²) in [7, 11) is -9.07. The zero-order valence-corrected chi connectivity index (χ0v) is 82.2. The monoisotopic (exact) mass is 1990 g/mol. The minimum atomic E-state index is -5.09. The van der Waals surface area contributed by atoms with Crippen LogP contribution in [-0.2, 0) is 48.6 Å². The molecule has 0 spiro atoms. The van der Waals surface area contributed by atoms with Crippen molar-refractivity contribution in [2.45, 2.75) is 153 Å². The lowest BCUT2D eigenvalue weighted by Crippen LogP contribution is -2.49. The first-order chi connectivity index (χ1) is 66.1. The first kappa shape index (κ1) is 101. The summed E-state index contributed by atoms with van der Waals surface area (Å²) in [4.78, 5) is 102. The third-order valence-corrected chi connectivity index (χ3v) is 30.3. The number of sulfonamides is 2. The van der Waals surface area contributed by atoms with Crippen LogP contribution in [0.25, 0.3) is 33.2 Å². The van der Waals surface area contributed by atoms with Crippen LogP contribution >= 0.6 is 23.2 Å². The van der Waals surface area contributed by atoms with Gasteiger partial charge >= 0.3 is 23.3 Å². The predicted octanol–water partition coefficient (Wildman–Crippen LogP) is 19.4. The van der Waals surface area contributed by atoms with Gasteiger partial charge in [0, 0.05) is 186 Å². The van der Waals surface area contributed by atoms with Crippen LogP contribution in [0.4, 0.5) is 31.5 Å². The van der Waals surface area contributed by atoms with Crippen LogP contribution in [0.1, 0.15) is 158 Å². The molecule has 0 bridgehead atoms. The standard InChI is InChI=1S/C51H58ClFN6O10S.C50H56ClFN6O10S/c1-49(2,3)48(61)68-33-58(70(64,65)40-11-13-44(43(28-40)59(62)63)67-32-51(53)17-24-66-25-18-51)47(60)41-12-10-38(27-45(41)69-39-26-35-15-19-54-46(35)55-30-39)57-22-20-56(21-23-57)31-36-14-16-50(4,5)29-42(36)34-6-8-37(52)9-7-34;1-5-42(48(60)65-4)57(69(63,64)39-11-13-44(43(28-39)58(61)62)67-32-50(52)17-24-66-25-18-50)47(59)40-12-10-37(27-45(40)68-38-26-34-15-19-53-46(34)54-30-38)56-22-20-55(21-23-56)31-35-14-16-49(2,3)29-41(35)33-6-8-36(51)9-7-33/h6-13,15,19,26-28,30H,14,16-18,20-25,29,31-33H2,1-5H3,(H,54,55);6-13,15,19,26-28,30,42H,5,14,16-18,20-25,29,31-32H2,1-4H3,(H,53,54). The number of benzene rings is 6. The second-order valence-electron chi connectivity index (χ2n) is 38.5. The molecule has 738 valence electrons. The average molecular weight is 1990 g/mol. The number of alkyl halides is 2. The van der Waals surface area contributed by atoms with Crippen molar-refractivity contribution in [2.24, 2.45) is 16.2 Å². The van der Waals surface area contributed by atoms with Crippen molar-refractivity contribution >= 4 is 123 Å². The van der Waals surface area contributed by atoms with Crippen molar-refractivity contribution in [3.05, 3.63) is 234 Å². The number of hydrogen-bond donors (Lipinski definition) is 2. The van der Waals surface area contributed by atoms with E-state index in [0.29, 0.717) is 72.9 Å².